The molecule has 2 aromatic carbocycles. The third-order valence-corrected chi connectivity index (χ3v) is 13.2. The van der Waals surface area contributed by atoms with E-state index < -0.39 is 0 Å². The fraction of sp³-hybridized carbons (Fsp3) is 0.705. The number of rotatable bonds is 38. The summed E-state index contributed by atoms with van der Waals surface area (Å²) in [6.07, 6.45) is 49.6. The van der Waals surface area contributed by atoms with Crippen LogP contribution in [0.4, 0.5) is 0 Å². The molecule has 0 aliphatic carbocycles. The SMILES string of the molecule is CCCC=CC1=C(c2cc(CCCC)cc(CCCCC)c2)[N+](=[N-])C(c2cc(CCCC)cc(CCCCC)c2)=C1CCCCCCCCCCCCCCCCCCCC.[CH3][Ni][CH3]. The molecule has 64 heavy (non-hydrogen) atoms. The van der Waals surface area contributed by atoms with Crippen LogP contribution in [0.3, 0.4) is 0 Å². The molecule has 0 atom stereocenters. The van der Waals surface area contributed by atoms with Crippen LogP contribution in [0.2, 0.25) is 11.8 Å². The van der Waals surface area contributed by atoms with E-state index in [0.717, 1.165) is 56.3 Å². The molecule has 0 fully saturated rings. The molecule has 2 nitrogen and oxygen atoms in total. The van der Waals surface area contributed by atoms with Crippen molar-refractivity contribution >= 4 is 11.4 Å². The average Bonchev–Trinajstić information content (AvgIpc) is 3.57. The number of nitrogens with zero attached hydrogens (tertiary/aromatic N) is 2. The Kier molecular flexibility index (Phi) is 35.1. The van der Waals surface area contributed by atoms with Gasteiger partial charge in [0.05, 0.1) is 5.57 Å². The molecule has 0 amide bonds. The van der Waals surface area contributed by atoms with E-state index in [1.807, 2.05) is 0 Å². The summed E-state index contributed by atoms with van der Waals surface area (Å²) < 4.78 is 1.65. The topological polar surface area (TPSA) is 25.3 Å². The first kappa shape index (κ1) is 57.9. The number of benzene rings is 2. The second-order valence-corrected chi connectivity index (χ2v) is 20.4. The first-order valence-corrected chi connectivity index (χ1v) is 29.5. The number of hydrogen-bond donors (Lipinski definition) is 0. The van der Waals surface area contributed by atoms with Crippen molar-refractivity contribution in [2.24, 2.45) is 0 Å². The van der Waals surface area contributed by atoms with Crippen LogP contribution in [-0.2, 0) is 40.1 Å². The molecule has 3 heteroatoms. The maximum absolute atomic E-state index is 12.7. The molecule has 3 rings (SSSR count). The summed E-state index contributed by atoms with van der Waals surface area (Å²) in [6, 6.07) is 14.6. The fourth-order valence-electron chi connectivity index (χ4n) is 9.50. The van der Waals surface area contributed by atoms with Crippen LogP contribution in [-0.4, -0.2) is 4.70 Å². The van der Waals surface area contributed by atoms with Gasteiger partial charge in [0.2, 0.25) is 11.4 Å². The van der Waals surface area contributed by atoms with Gasteiger partial charge in [-0.1, -0.05) is 220 Å². The van der Waals surface area contributed by atoms with Crippen LogP contribution < -0.4 is 0 Å². The van der Waals surface area contributed by atoms with E-state index in [2.05, 4.69) is 102 Å². The van der Waals surface area contributed by atoms with Crippen molar-refractivity contribution < 1.29 is 19.1 Å². The Labute approximate surface area is 405 Å². The third-order valence-electron chi connectivity index (χ3n) is 13.2. The minimum absolute atomic E-state index is 1.00. The van der Waals surface area contributed by atoms with Crippen molar-refractivity contribution in [3.8, 4) is 0 Å². The molecule has 0 saturated carbocycles. The zero-order valence-corrected chi connectivity index (χ0v) is 44.6. The number of hydrogen-bond acceptors (Lipinski definition) is 0. The summed E-state index contributed by atoms with van der Waals surface area (Å²) in [5.41, 5.74) is 25.5. The molecule has 0 aromatic heterocycles. The average molecular weight is 922 g/mol. The van der Waals surface area contributed by atoms with Crippen molar-refractivity contribution in [3.05, 3.63) is 98.6 Å². The van der Waals surface area contributed by atoms with Crippen molar-refractivity contribution in [1.29, 1.82) is 0 Å². The Balaban J connectivity index is 0.00000456. The second kappa shape index (κ2) is 38.8. The maximum atomic E-state index is 12.7. The van der Waals surface area contributed by atoms with E-state index in [1.165, 1.54) is 224 Å². The molecule has 0 unspecified atom stereocenters. The van der Waals surface area contributed by atoms with E-state index in [0.29, 0.717) is 0 Å². The normalized spacial score (nSPS) is 13.0. The van der Waals surface area contributed by atoms with E-state index in [4.69, 9.17) is 0 Å². The number of unbranched alkanes of at least 4 members (excludes halogenated alkanes) is 24. The van der Waals surface area contributed by atoms with Crippen molar-refractivity contribution in [2.75, 3.05) is 0 Å². The molecule has 2 aromatic rings. The van der Waals surface area contributed by atoms with Crippen molar-refractivity contribution in [1.82, 2.24) is 0 Å². The predicted octanol–water partition coefficient (Wildman–Crippen LogP) is 21.0. The quantitative estimate of drug-likeness (QED) is 0.0364. The first-order chi connectivity index (χ1) is 31.4. The zero-order valence-electron chi connectivity index (χ0n) is 43.6. The van der Waals surface area contributed by atoms with Crippen molar-refractivity contribution in [2.45, 2.75) is 278 Å². The number of aryl methyl sites for hydroxylation is 4. The van der Waals surface area contributed by atoms with E-state index >= 15 is 0 Å². The molecular formula is C61H102N2Ni. The zero-order chi connectivity index (χ0) is 46.5. The Hall–Kier alpha value is -2.25. The summed E-state index contributed by atoms with van der Waals surface area (Å²) >= 11 is 1.62. The van der Waals surface area contributed by atoms with Gasteiger partial charge < -0.3 is 5.53 Å². The van der Waals surface area contributed by atoms with Crippen LogP contribution in [0, 0.1) is 0 Å². The molecule has 0 spiro atoms. The Bertz CT molecular complexity index is 1590. The van der Waals surface area contributed by atoms with Gasteiger partial charge in [0.15, 0.2) is 0 Å². The van der Waals surface area contributed by atoms with Gasteiger partial charge in [0.1, 0.15) is 0 Å². The van der Waals surface area contributed by atoms with Gasteiger partial charge in [-0.15, -0.1) is 0 Å². The minimum atomic E-state index is 1.00. The fourth-order valence-corrected chi connectivity index (χ4v) is 9.50. The predicted molar refractivity (Wildman–Crippen MR) is 283 cm³/mol. The van der Waals surface area contributed by atoms with Gasteiger partial charge in [-0.25, -0.2) is 4.70 Å². The molecule has 0 radical (unpaired) electrons. The van der Waals surface area contributed by atoms with Crippen LogP contribution in [0.1, 0.15) is 274 Å². The van der Waals surface area contributed by atoms with Gasteiger partial charge in [0.25, 0.3) is 0 Å². The Morgan fingerprint density at radius 1 is 0.391 bits per heavy atom. The molecule has 0 bridgehead atoms. The van der Waals surface area contributed by atoms with E-state index in [1.54, 1.807) is 19.1 Å². The third kappa shape index (κ3) is 24.0. The van der Waals surface area contributed by atoms with Crippen LogP contribution in [0.15, 0.2) is 59.7 Å². The molecule has 1 aliphatic rings. The molecule has 0 N–H and O–H groups in total. The van der Waals surface area contributed by atoms with Crippen LogP contribution >= 0.6 is 0 Å². The van der Waals surface area contributed by atoms with Crippen molar-refractivity contribution in [3.63, 3.8) is 0 Å². The number of allylic oxidation sites excluding steroid dienone is 4. The molecule has 1 aliphatic heterocycles. The summed E-state index contributed by atoms with van der Waals surface area (Å²) in [5, 5.41) is 0. The van der Waals surface area contributed by atoms with Crippen LogP contribution in [0.5, 0.6) is 0 Å². The van der Waals surface area contributed by atoms with Gasteiger partial charge in [-0.2, -0.15) is 0 Å². The first-order valence-electron chi connectivity index (χ1n) is 27.5. The summed E-state index contributed by atoms with van der Waals surface area (Å²) in [5.74, 6) is 4.12. The second-order valence-electron chi connectivity index (χ2n) is 19.4. The van der Waals surface area contributed by atoms with Gasteiger partial charge in [-0.3, -0.25) is 0 Å². The van der Waals surface area contributed by atoms with Gasteiger partial charge >= 0.3 is 26.2 Å². The van der Waals surface area contributed by atoms with E-state index in [-0.39, 0.29) is 0 Å². The molecule has 1 heterocycles. The van der Waals surface area contributed by atoms with E-state index in [9.17, 15) is 5.53 Å². The summed E-state index contributed by atoms with van der Waals surface area (Å²) in [7, 11) is 0. The molecular weight excluding hydrogens is 819 g/mol. The molecule has 366 valence electrons. The monoisotopic (exact) mass is 921 g/mol. The molecule has 0 saturated heterocycles. The van der Waals surface area contributed by atoms with Crippen LogP contribution in [0.25, 0.3) is 16.9 Å². The Morgan fingerprint density at radius 2 is 0.703 bits per heavy atom. The summed E-state index contributed by atoms with van der Waals surface area (Å²) in [6.45, 7) is 13.8. The van der Waals surface area contributed by atoms with Gasteiger partial charge in [0, 0.05) is 16.7 Å². The standard InChI is InChI=1S/C59H96N2.2CH3.Ni/c1-7-13-19-20-21-22-23-24-25-26-27-28-29-30-31-32-33-37-43-57-56(42-36-16-10-4)58(54-46-50(38-17-11-5)44-52(48-54)40-34-14-8-2)61(60)59(57)55-47-51(39-18-12-6)45-53(49-55)41-35-15-9-3;;;/h36,42,44-49H,7-35,37-41,43H2,1-6H3;2*1H3;. The summed E-state index contributed by atoms with van der Waals surface area (Å²) in [4.78, 5) is 0. The van der Waals surface area contributed by atoms with Gasteiger partial charge in [-0.05, 0) is 117 Å². The Morgan fingerprint density at radius 3 is 1.08 bits per heavy atom.